The fourth-order valence-electron chi connectivity index (χ4n) is 1.47. The van der Waals surface area contributed by atoms with E-state index in [1.807, 2.05) is 12.4 Å². The second-order valence-corrected chi connectivity index (χ2v) is 4.42. The maximum Gasteiger partial charge on any atom is 0.0270 e. The van der Waals surface area contributed by atoms with Gasteiger partial charge in [-0.25, -0.2) is 0 Å². The number of thiol groups is 1. The smallest absolute Gasteiger partial charge is 0.0270 e. The van der Waals surface area contributed by atoms with E-state index in [1.54, 1.807) is 0 Å². The van der Waals surface area contributed by atoms with Crippen LogP contribution in [0.15, 0.2) is 24.5 Å². The van der Waals surface area contributed by atoms with Gasteiger partial charge in [0.05, 0.1) is 0 Å². The monoisotopic (exact) mass is 209 g/mol. The Hall–Kier alpha value is -0.500. The average molecular weight is 209 g/mol. The van der Waals surface area contributed by atoms with Gasteiger partial charge in [-0.1, -0.05) is 19.8 Å². The van der Waals surface area contributed by atoms with E-state index in [4.69, 9.17) is 0 Å². The van der Waals surface area contributed by atoms with Crippen molar-refractivity contribution in [2.75, 3.05) is 0 Å². The molecular weight excluding hydrogens is 190 g/mol. The number of aryl methyl sites for hydroxylation is 1. The fraction of sp³-hybridized carbons (Fsp3) is 0.583. The molecule has 1 unspecified atom stereocenters. The van der Waals surface area contributed by atoms with Crippen molar-refractivity contribution in [2.24, 2.45) is 0 Å². The van der Waals surface area contributed by atoms with Gasteiger partial charge in [0.15, 0.2) is 0 Å². The number of aromatic nitrogens is 1. The molecule has 78 valence electrons. The molecule has 0 aliphatic heterocycles. The summed E-state index contributed by atoms with van der Waals surface area (Å²) < 4.78 is 0. The van der Waals surface area contributed by atoms with Crippen LogP contribution in [0.4, 0.5) is 0 Å². The quantitative estimate of drug-likeness (QED) is 0.707. The summed E-state index contributed by atoms with van der Waals surface area (Å²) in [5, 5.41) is 0.558. The number of pyridine rings is 1. The Labute approximate surface area is 92.4 Å². The van der Waals surface area contributed by atoms with Crippen LogP contribution in [0.3, 0.4) is 0 Å². The van der Waals surface area contributed by atoms with Crippen LogP contribution in [-0.2, 0) is 6.42 Å². The van der Waals surface area contributed by atoms with Crippen LogP contribution in [-0.4, -0.2) is 10.2 Å². The predicted octanol–water partition coefficient (Wildman–Crippen LogP) is 3.50. The molecule has 0 N–H and O–H groups in total. The molecule has 2 heteroatoms. The summed E-state index contributed by atoms with van der Waals surface area (Å²) in [5.41, 5.74) is 1.37. The topological polar surface area (TPSA) is 12.9 Å². The Balaban J connectivity index is 2.20. The summed E-state index contributed by atoms with van der Waals surface area (Å²) in [6.07, 6.45) is 9.82. The van der Waals surface area contributed by atoms with Crippen LogP contribution >= 0.6 is 12.6 Å². The van der Waals surface area contributed by atoms with Crippen molar-refractivity contribution in [1.29, 1.82) is 0 Å². The molecule has 0 amide bonds. The van der Waals surface area contributed by atoms with Gasteiger partial charge in [0.2, 0.25) is 0 Å². The molecule has 14 heavy (non-hydrogen) atoms. The molecule has 1 atom stereocenters. The van der Waals surface area contributed by atoms with E-state index in [1.165, 1.54) is 31.2 Å². The van der Waals surface area contributed by atoms with E-state index >= 15 is 0 Å². The lowest BCUT2D eigenvalue weighted by Gasteiger charge is -2.09. The molecule has 1 heterocycles. The van der Waals surface area contributed by atoms with Gasteiger partial charge < -0.3 is 0 Å². The average Bonchev–Trinajstić information content (AvgIpc) is 2.25. The number of hydrogen-bond donors (Lipinski definition) is 1. The van der Waals surface area contributed by atoms with Gasteiger partial charge in [-0.15, -0.1) is 0 Å². The molecule has 1 nitrogen and oxygen atoms in total. The van der Waals surface area contributed by atoms with Crippen molar-refractivity contribution in [3.63, 3.8) is 0 Å². The van der Waals surface area contributed by atoms with Gasteiger partial charge in [0.25, 0.3) is 0 Å². The summed E-state index contributed by atoms with van der Waals surface area (Å²) >= 11 is 4.58. The highest BCUT2D eigenvalue weighted by molar-refractivity contribution is 7.80. The molecule has 0 fully saturated rings. The maximum absolute atomic E-state index is 4.58. The van der Waals surface area contributed by atoms with Crippen LogP contribution in [0.25, 0.3) is 0 Å². The Bertz CT molecular complexity index is 235. The van der Waals surface area contributed by atoms with Crippen molar-refractivity contribution in [1.82, 2.24) is 4.98 Å². The normalized spacial score (nSPS) is 12.7. The van der Waals surface area contributed by atoms with Crippen LogP contribution in [0.2, 0.25) is 0 Å². The van der Waals surface area contributed by atoms with Crippen LogP contribution in [0.5, 0.6) is 0 Å². The lowest BCUT2D eigenvalue weighted by atomic mass is 10.1. The zero-order chi connectivity index (χ0) is 10.2. The van der Waals surface area contributed by atoms with E-state index in [0.717, 1.165) is 6.42 Å². The first-order valence-electron chi connectivity index (χ1n) is 5.40. The minimum absolute atomic E-state index is 0.558. The van der Waals surface area contributed by atoms with Crippen LogP contribution in [0, 0.1) is 0 Å². The third-order valence-corrected chi connectivity index (χ3v) is 2.92. The van der Waals surface area contributed by atoms with Gasteiger partial charge in [-0.2, -0.15) is 12.6 Å². The molecule has 0 spiro atoms. The molecule has 0 aliphatic rings. The third-order valence-electron chi connectivity index (χ3n) is 2.41. The Morgan fingerprint density at radius 3 is 2.64 bits per heavy atom. The number of nitrogens with zero attached hydrogens (tertiary/aromatic N) is 1. The van der Waals surface area contributed by atoms with E-state index in [0.29, 0.717) is 5.25 Å². The molecule has 0 saturated carbocycles. The Morgan fingerprint density at radius 2 is 2.00 bits per heavy atom. The summed E-state index contributed by atoms with van der Waals surface area (Å²) in [4.78, 5) is 4.00. The highest BCUT2D eigenvalue weighted by Gasteiger charge is 2.02. The second kappa shape index (κ2) is 6.88. The zero-order valence-electron chi connectivity index (χ0n) is 8.82. The number of hydrogen-bond acceptors (Lipinski definition) is 2. The minimum Gasteiger partial charge on any atom is -0.265 e. The molecule has 0 saturated heterocycles. The van der Waals surface area contributed by atoms with E-state index < -0.39 is 0 Å². The van der Waals surface area contributed by atoms with Gasteiger partial charge in [0, 0.05) is 17.6 Å². The largest absolute Gasteiger partial charge is 0.265 e. The van der Waals surface area contributed by atoms with Crippen LogP contribution < -0.4 is 0 Å². The molecule has 0 aromatic carbocycles. The summed E-state index contributed by atoms with van der Waals surface area (Å²) in [6, 6.07) is 4.17. The molecule has 0 bridgehead atoms. The van der Waals surface area contributed by atoms with E-state index in [2.05, 4.69) is 36.7 Å². The van der Waals surface area contributed by atoms with Gasteiger partial charge >= 0.3 is 0 Å². The minimum atomic E-state index is 0.558. The Kier molecular flexibility index (Phi) is 5.69. The summed E-state index contributed by atoms with van der Waals surface area (Å²) in [7, 11) is 0. The third kappa shape index (κ3) is 4.66. The number of unbranched alkanes of at least 4 members (excludes halogenated alkanes) is 1. The first-order valence-corrected chi connectivity index (χ1v) is 5.91. The molecule has 0 radical (unpaired) electrons. The molecule has 0 aliphatic carbocycles. The van der Waals surface area contributed by atoms with Gasteiger partial charge in [-0.05, 0) is 37.0 Å². The highest BCUT2D eigenvalue weighted by Crippen LogP contribution is 2.14. The van der Waals surface area contributed by atoms with Crippen molar-refractivity contribution in [3.05, 3.63) is 30.1 Å². The zero-order valence-corrected chi connectivity index (χ0v) is 9.71. The molecule has 1 aromatic heterocycles. The second-order valence-electron chi connectivity index (χ2n) is 3.69. The standard InChI is InChI=1S/C12H19NS/c1-2-3-4-12(14)6-5-11-7-9-13-10-8-11/h7-10,12,14H,2-6H2,1H3. The van der Waals surface area contributed by atoms with Crippen molar-refractivity contribution >= 4 is 12.6 Å². The lowest BCUT2D eigenvalue weighted by molar-refractivity contribution is 0.649. The lowest BCUT2D eigenvalue weighted by Crippen LogP contribution is -2.00. The molecule has 1 aromatic rings. The first-order chi connectivity index (χ1) is 6.83. The van der Waals surface area contributed by atoms with Crippen LogP contribution in [0.1, 0.15) is 38.2 Å². The van der Waals surface area contributed by atoms with Crippen molar-refractivity contribution in [2.45, 2.75) is 44.3 Å². The maximum atomic E-state index is 4.58. The van der Waals surface area contributed by atoms with E-state index in [9.17, 15) is 0 Å². The SMILES string of the molecule is CCCCC(S)CCc1ccncc1. The first kappa shape index (κ1) is 11.6. The molecule has 1 rings (SSSR count). The van der Waals surface area contributed by atoms with Gasteiger partial charge in [-0.3, -0.25) is 4.98 Å². The predicted molar refractivity (Wildman–Crippen MR) is 64.9 cm³/mol. The van der Waals surface area contributed by atoms with Crippen molar-refractivity contribution in [3.8, 4) is 0 Å². The summed E-state index contributed by atoms with van der Waals surface area (Å²) in [5.74, 6) is 0. The van der Waals surface area contributed by atoms with Gasteiger partial charge in [0.1, 0.15) is 0 Å². The molecular formula is C12H19NS. The summed E-state index contributed by atoms with van der Waals surface area (Å²) in [6.45, 7) is 2.23. The number of rotatable bonds is 6. The highest BCUT2D eigenvalue weighted by atomic mass is 32.1. The van der Waals surface area contributed by atoms with Crippen molar-refractivity contribution < 1.29 is 0 Å². The fourth-order valence-corrected chi connectivity index (χ4v) is 1.78. The Morgan fingerprint density at radius 1 is 1.29 bits per heavy atom. The van der Waals surface area contributed by atoms with E-state index in [-0.39, 0.29) is 0 Å².